The Bertz CT molecular complexity index is 1090. The van der Waals surface area contributed by atoms with Crippen molar-refractivity contribution in [3.05, 3.63) is 60.0 Å². The van der Waals surface area contributed by atoms with Crippen molar-refractivity contribution in [2.45, 2.75) is 45.1 Å². The number of ether oxygens (including phenoxy) is 1. The molecule has 4 rings (SSSR count). The molecule has 0 aliphatic carbocycles. The van der Waals surface area contributed by atoms with E-state index >= 15 is 0 Å². The SMILES string of the molecule is CCCC[C@H]1CN(C(=O)c2cccc3ccccc23)CCN1Cc1[nH]cnc1OC(F)(F)F. The summed E-state index contributed by atoms with van der Waals surface area (Å²) in [5.41, 5.74) is 0.952. The van der Waals surface area contributed by atoms with Gasteiger partial charge in [-0.3, -0.25) is 9.69 Å². The Morgan fingerprint density at radius 1 is 1.18 bits per heavy atom. The Morgan fingerprint density at radius 2 is 1.97 bits per heavy atom. The number of H-pyrrole nitrogens is 1. The second-order valence-corrected chi connectivity index (χ2v) is 8.28. The fourth-order valence-electron chi connectivity index (χ4n) is 4.40. The molecule has 176 valence electrons. The number of amides is 1. The highest BCUT2D eigenvalue weighted by Gasteiger charge is 2.35. The third kappa shape index (κ3) is 5.47. The Morgan fingerprint density at radius 3 is 2.76 bits per heavy atom. The van der Waals surface area contributed by atoms with Crippen LogP contribution >= 0.6 is 0 Å². The van der Waals surface area contributed by atoms with Crippen LogP contribution in [0, 0.1) is 0 Å². The summed E-state index contributed by atoms with van der Waals surface area (Å²) >= 11 is 0. The number of piperazine rings is 1. The molecule has 0 spiro atoms. The number of alkyl halides is 3. The molecule has 1 aliphatic rings. The van der Waals surface area contributed by atoms with E-state index in [4.69, 9.17) is 0 Å². The average Bonchev–Trinajstić information content (AvgIpc) is 3.22. The van der Waals surface area contributed by atoms with Gasteiger partial charge in [0.2, 0.25) is 5.88 Å². The number of hydrogen-bond acceptors (Lipinski definition) is 4. The van der Waals surface area contributed by atoms with Crippen molar-refractivity contribution in [3.8, 4) is 5.88 Å². The van der Waals surface area contributed by atoms with Crippen molar-refractivity contribution in [1.82, 2.24) is 19.8 Å². The Kier molecular flexibility index (Phi) is 6.88. The molecule has 1 atom stereocenters. The van der Waals surface area contributed by atoms with E-state index in [-0.39, 0.29) is 24.2 Å². The summed E-state index contributed by atoms with van der Waals surface area (Å²) in [5, 5.41) is 1.94. The molecule has 1 saturated heterocycles. The third-order valence-corrected chi connectivity index (χ3v) is 6.06. The minimum Gasteiger partial charge on any atom is -0.386 e. The summed E-state index contributed by atoms with van der Waals surface area (Å²) in [6, 6.07) is 13.6. The van der Waals surface area contributed by atoms with Crippen LogP contribution in [0.25, 0.3) is 10.8 Å². The molecule has 2 aromatic carbocycles. The maximum Gasteiger partial charge on any atom is 0.574 e. The summed E-state index contributed by atoms with van der Waals surface area (Å²) in [7, 11) is 0. The highest BCUT2D eigenvalue weighted by atomic mass is 19.4. The number of imidazole rings is 1. The van der Waals surface area contributed by atoms with Crippen LogP contribution < -0.4 is 4.74 Å². The van der Waals surface area contributed by atoms with Crippen LogP contribution in [0.5, 0.6) is 5.88 Å². The Labute approximate surface area is 190 Å². The molecule has 1 N–H and O–H groups in total. The first-order valence-electron chi connectivity index (χ1n) is 11.1. The van der Waals surface area contributed by atoms with Crippen LogP contribution in [0.3, 0.4) is 0 Å². The quantitative estimate of drug-likeness (QED) is 0.540. The maximum absolute atomic E-state index is 13.4. The third-order valence-electron chi connectivity index (χ3n) is 6.06. The van der Waals surface area contributed by atoms with Crippen molar-refractivity contribution >= 4 is 16.7 Å². The van der Waals surface area contributed by atoms with Crippen LogP contribution in [-0.4, -0.2) is 57.7 Å². The number of nitrogens with one attached hydrogen (secondary N) is 1. The zero-order chi connectivity index (χ0) is 23.4. The summed E-state index contributed by atoms with van der Waals surface area (Å²) in [6.07, 6.45) is -0.785. The fraction of sp³-hybridized carbons (Fsp3) is 0.417. The minimum absolute atomic E-state index is 0.0180. The number of hydrogen-bond donors (Lipinski definition) is 1. The van der Waals surface area contributed by atoms with E-state index < -0.39 is 12.2 Å². The number of fused-ring (bicyclic) bond motifs is 1. The van der Waals surface area contributed by atoms with Crippen LogP contribution in [-0.2, 0) is 6.54 Å². The van der Waals surface area contributed by atoms with E-state index in [2.05, 4.69) is 26.5 Å². The van der Waals surface area contributed by atoms with E-state index in [1.165, 1.54) is 6.33 Å². The van der Waals surface area contributed by atoms with E-state index in [1.54, 1.807) is 0 Å². The van der Waals surface area contributed by atoms with Crippen molar-refractivity contribution in [2.24, 2.45) is 0 Å². The van der Waals surface area contributed by atoms with Gasteiger partial charge in [-0.2, -0.15) is 0 Å². The van der Waals surface area contributed by atoms with Gasteiger partial charge in [0, 0.05) is 37.8 Å². The van der Waals surface area contributed by atoms with Crippen molar-refractivity contribution in [2.75, 3.05) is 19.6 Å². The lowest BCUT2D eigenvalue weighted by molar-refractivity contribution is -0.276. The smallest absolute Gasteiger partial charge is 0.386 e. The van der Waals surface area contributed by atoms with Gasteiger partial charge in [-0.25, -0.2) is 4.98 Å². The molecule has 9 heteroatoms. The molecule has 2 heterocycles. The lowest BCUT2D eigenvalue weighted by Gasteiger charge is -2.41. The predicted molar refractivity (Wildman–Crippen MR) is 119 cm³/mol. The van der Waals surface area contributed by atoms with Gasteiger partial charge in [0.25, 0.3) is 5.91 Å². The van der Waals surface area contributed by atoms with E-state index in [9.17, 15) is 18.0 Å². The van der Waals surface area contributed by atoms with Gasteiger partial charge < -0.3 is 14.6 Å². The molecular weight excluding hydrogens is 433 g/mol. The number of unbranched alkanes of at least 4 members (excludes halogenated alkanes) is 1. The topological polar surface area (TPSA) is 61.5 Å². The molecular formula is C24H27F3N4O2. The molecule has 0 radical (unpaired) electrons. The Hall–Kier alpha value is -3.07. The number of halogens is 3. The van der Waals surface area contributed by atoms with Crippen LogP contribution in [0.15, 0.2) is 48.8 Å². The lowest BCUT2D eigenvalue weighted by Crippen LogP contribution is -2.54. The summed E-state index contributed by atoms with van der Waals surface area (Å²) in [6.45, 7) is 3.90. The van der Waals surface area contributed by atoms with E-state index in [1.807, 2.05) is 47.4 Å². The van der Waals surface area contributed by atoms with Gasteiger partial charge in [-0.15, -0.1) is 13.2 Å². The number of aromatic nitrogens is 2. The molecule has 1 fully saturated rings. The van der Waals surface area contributed by atoms with E-state index in [0.717, 1.165) is 30.0 Å². The summed E-state index contributed by atoms with van der Waals surface area (Å²) in [4.78, 5) is 23.8. The largest absolute Gasteiger partial charge is 0.574 e. The molecule has 6 nitrogen and oxygen atoms in total. The van der Waals surface area contributed by atoms with Gasteiger partial charge in [0.15, 0.2) is 0 Å². The zero-order valence-electron chi connectivity index (χ0n) is 18.4. The number of carbonyl (C=O) groups is 1. The van der Waals surface area contributed by atoms with Crippen molar-refractivity contribution in [1.29, 1.82) is 0 Å². The first kappa shape index (κ1) is 23.1. The highest BCUT2D eigenvalue weighted by Crippen LogP contribution is 2.27. The molecule has 33 heavy (non-hydrogen) atoms. The number of benzene rings is 2. The first-order valence-corrected chi connectivity index (χ1v) is 11.1. The van der Waals surface area contributed by atoms with Gasteiger partial charge in [0.05, 0.1) is 12.0 Å². The number of aromatic amines is 1. The monoisotopic (exact) mass is 460 g/mol. The van der Waals surface area contributed by atoms with Crippen LogP contribution in [0.1, 0.15) is 42.2 Å². The van der Waals surface area contributed by atoms with Gasteiger partial charge >= 0.3 is 6.36 Å². The molecule has 0 saturated carbocycles. The highest BCUT2D eigenvalue weighted by molar-refractivity contribution is 6.07. The first-order chi connectivity index (χ1) is 15.9. The van der Waals surface area contributed by atoms with Crippen LogP contribution in [0.2, 0.25) is 0 Å². The number of carbonyl (C=O) groups excluding carboxylic acids is 1. The molecule has 1 aromatic heterocycles. The molecule has 3 aromatic rings. The van der Waals surface area contributed by atoms with E-state index in [0.29, 0.717) is 25.2 Å². The van der Waals surface area contributed by atoms with Crippen LogP contribution in [0.4, 0.5) is 13.2 Å². The molecule has 0 bridgehead atoms. The van der Waals surface area contributed by atoms with Gasteiger partial charge in [-0.1, -0.05) is 56.2 Å². The maximum atomic E-state index is 13.4. The van der Waals surface area contributed by atoms with Gasteiger partial charge in [0.1, 0.15) is 0 Å². The zero-order valence-corrected chi connectivity index (χ0v) is 18.4. The number of nitrogens with zero attached hydrogens (tertiary/aromatic N) is 3. The fourth-order valence-corrected chi connectivity index (χ4v) is 4.40. The molecule has 1 aliphatic heterocycles. The lowest BCUT2D eigenvalue weighted by atomic mass is 10.0. The average molecular weight is 461 g/mol. The van der Waals surface area contributed by atoms with Gasteiger partial charge in [-0.05, 0) is 23.3 Å². The normalized spacial score (nSPS) is 17.5. The second kappa shape index (κ2) is 9.82. The molecule has 1 amide bonds. The second-order valence-electron chi connectivity index (χ2n) is 8.28. The predicted octanol–water partition coefficient (Wildman–Crippen LogP) is 4.98. The van der Waals surface area contributed by atoms with Crippen molar-refractivity contribution < 1.29 is 22.7 Å². The Balaban J connectivity index is 1.51. The molecule has 0 unspecified atom stereocenters. The summed E-state index contributed by atoms with van der Waals surface area (Å²) in [5.74, 6) is -0.471. The number of rotatable bonds is 7. The minimum atomic E-state index is -4.80. The standard InChI is InChI=1S/C24H27F3N4O2/c1-2-3-9-18-14-31(23(32)20-11-6-8-17-7-4-5-10-19(17)20)13-12-30(18)15-21-22(29-16-28-21)33-24(25,26)27/h4-8,10-11,16,18H,2-3,9,12-15H2,1H3,(H,28,29)/t18-/m0/s1. The summed E-state index contributed by atoms with van der Waals surface area (Å²) < 4.78 is 42.2. The van der Waals surface area contributed by atoms with Crippen molar-refractivity contribution in [3.63, 3.8) is 0 Å².